The van der Waals surface area contributed by atoms with E-state index in [0.29, 0.717) is 12.5 Å². The lowest BCUT2D eigenvalue weighted by Crippen LogP contribution is -2.05. The molecule has 0 saturated carbocycles. The second-order valence-corrected chi connectivity index (χ2v) is 5.52. The Morgan fingerprint density at radius 3 is 2.68 bits per heavy atom. The van der Waals surface area contributed by atoms with Gasteiger partial charge in [-0.3, -0.25) is 4.68 Å². The Balaban J connectivity index is 2.24. The number of benzene rings is 1. The molecule has 0 unspecified atom stereocenters. The van der Waals surface area contributed by atoms with E-state index < -0.39 is 0 Å². The topological polar surface area (TPSA) is 27.1 Å². The van der Waals surface area contributed by atoms with Gasteiger partial charge in [0.05, 0.1) is 21.7 Å². The highest BCUT2D eigenvalue weighted by Gasteiger charge is 2.13. The smallest absolute Gasteiger partial charge is 0.131 e. The maximum Gasteiger partial charge on any atom is 0.131 e. The Morgan fingerprint density at radius 2 is 2.11 bits per heavy atom. The largest absolute Gasteiger partial charge is 0.487 e. The van der Waals surface area contributed by atoms with Gasteiger partial charge in [-0.15, -0.1) is 11.6 Å². The fourth-order valence-corrected chi connectivity index (χ4v) is 2.66. The summed E-state index contributed by atoms with van der Waals surface area (Å²) in [7, 11) is 1.91. The monoisotopic (exact) mass is 342 g/mol. The van der Waals surface area contributed by atoms with Crippen LogP contribution < -0.4 is 4.74 Å². The van der Waals surface area contributed by atoms with Crippen molar-refractivity contribution in [2.24, 2.45) is 7.05 Å². The molecule has 0 atom stereocenters. The van der Waals surface area contributed by atoms with E-state index in [0.717, 1.165) is 32.7 Å². The molecule has 0 aliphatic rings. The van der Waals surface area contributed by atoms with E-state index in [4.69, 9.17) is 16.3 Å². The summed E-state index contributed by atoms with van der Waals surface area (Å²) in [6, 6.07) is 6.00. The Hall–Kier alpha value is -1.00. The van der Waals surface area contributed by atoms with Gasteiger partial charge in [0.15, 0.2) is 0 Å². The molecule has 1 aromatic carbocycles. The summed E-state index contributed by atoms with van der Waals surface area (Å²) < 4.78 is 8.77. The average molecular weight is 344 g/mol. The predicted molar refractivity (Wildman–Crippen MR) is 80.7 cm³/mol. The van der Waals surface area contributed by atoms with Gasteiger partial charge in [0.1, 0.15) is 12.4 Å². The Morgan fingerprint density at radius 1 is 1.37 bits per heavy atom. The molecule has 1 heterocycles. The lowest BCUT2D eigenvalue weighted by molar-refractivity contribution is 0.290. The van der Waals surface area contributed by atoms with Gasteiger partial charge in [-0.2, -0.15) is 5.10 Å². The van der Waals surface area contributed by atoms with Gasteiger partial charge in [0.25, 0.3) is 0 Å². The van der Waals surface area contributed by atoms with Gasteiger partial charge >= 0.3 is 0 Å². The van der Waals surface area contributed by atoms with Gasteiger partial charge in [0, 0.05) is 12.6 Å². The molecule has 1 aromatic heterocycles. The van der Waals surface area contributed by atoms with E-state index in [-0.39, 0.29) is 0 Å². The molecule has 0 aliphatic carbocycles. The van der Waals surface area contributed by atoms with Crippen molar-refractivity contribution in [1.82, 2.24) is 9.78 Å². The van der Waals surface area contributed by atoms with Crippen LogP contribution in [0.2, 0.25) is 0 Å². The van der Waals surface area contributed by atoms with Crippen LogP contribution in [0.5, 0.6) is 5.75 Å². The molecule has 0 aliphatic heterocycles. The van der Waals surface area contributed by atoms with Crippen molar-refractivity contribution in [1.29, 1.82) is 0 Å². The van der Waals surface area contributed by atoms with Crippen molar-refractivity contribution < 1.29 is 4.74 Å². The highest BCUT2D eigenvalue weighted by Crippen LogP contribution is 2.27. The van der Waals surface area contributed by atoms with Crippen LogP contribution in [-0.4, -0.2) is 9.78 Å². The van der Waals surface area contributed by atoms with Crippen LogP contribution in [-0.2, 0) is 19.5 Å². The minimum absolute atomic E-state index is 0.447. The zero-order valence-corrected chi connectivity index (χ0v) is 13.5. The van der Waals surface area contributed by atoms with Crippen LogP contribution in [0.3, 0.4) is 0 Å². The van der Waals surface area contributed by atoms with E-state index in [2.05, 4.69) is 21.0 Å². The average Bonchev–Trinajstić information content (AvgIpc) is 2.62. The first-order valence-corrected chi connectivity index (χ1v) is 7.32. The fourth-order valence-electron chi connectivity index (χ4n) is 2.00. The summed E-state index contributed by atoms with van der Waals surface area (Å²) in [4.78, 5) is 0. The second-order valence-electron chi connectivity index (χ2n) is 4.46. The van der Waals surface area contributed by atoms with E-state index in [9.17, 15) is 0 Å². The molecule has 5 heteroatoms. The molecule has 0 amide bonds. The molecule has 19 heavy (non-hydrogen) atoms. The zero-order valence-electron chi connectivity index (χ0n) is 11.2. The summed E-state index contributed by atoms with van der Waals surface area (Å²) in [6.45, 7) is 4.45. The lowest BCUT2D eigenvalue weighted by atomic mass is 10.1. The molecule has 2 rings (SSSR count). The number of hydrogen-bond donors (Lipinski definition) is 0. The van der Waals surface area contributed by atoms with Crippen LogP contribution in [0, 0.1) is 13.8 Å². The molecule has 0 saturated heterocycles. The lowest BCUT2D eigenvalue weighted by Gasteiger charge is -2.13. The summed E-state index contributed by atoms with van der Waals surface area (Å²) in [6.07, 6.45) is 0. The number of aryl methyl sites for hydroxylation is 3. The molecule has 0 bridgehead atoms. The van der Waals surface area contributed by atoms with Crippen LogP contribution in [0.15, 0.2) is 22.7 Å². The molecule has 102 valence electrons. The highest BCUT2D eigenvalue weighted by atomic mass is 79.9. The SMILES string of the molecule is Cc1cccc(CCl)c1OCc1c(Br)c(C)nn1C. The van der Waals surface area contributed by atoms with Crippen LogP contribution in [0.25, 0.3) is 0 Å². The van der Waals surface area contributed by atoms with Crippen LogP contribution >= 0.6 is 27.5 Å². The van der Waals surface area contributed by atoms with Gasteiger partial charge in [-0.1, -0.05) is 18.2 Å². The van der Waals surface area contributed by atoms with E-state index in [1.165, 1.54) is 0 Å². The van der Waals surface area contributed by atoms with E-state index >= 15 is 0 Å². The molecule has 0 fully saturated rings. The van der Waals surface area contributed by atoms with Crippen LogP contribution in [0.4, 0.5) is 0 Å². The molecule has 3 nitrogen and oxygen atoms in total. The summed E-state index contributed by atoms with van der Waals surface area (Å²) >= 11 is 9.48. The second kappa shape index (κ2) is 5.97. The molecule has 0 spiro atoms. The number of ether oxygens (including phenoxy) is 1. The van der Waals surface area contributed by atoms with E-state index in [1.807, 2.05) is 43.8 Å². The minimum atomic E-state index is 0.447. The maximum absolute atomic E-state index is 5.95. The van der Waals surface area contributed by atoms with Crippen molar-refractivity contribution in [3.8, 4) is 5.75 Å². The minimum Gasteiger partial charge on any atom is -0.487 e. The number of aromatic nitrogens is 2. The first-order chi connectivity index (χ1) is 9.04. The molecular formula is C14H16BrClN2O. The number of alkyl halides is 1. The first kappa shape index (κ1) is 14.4. The zero-order chi connectivity index (χ0) is 14.0. The van der Waals surface area contributed by atoms with Crippen molar-refractivity contribution >= 4 is 27.5 Å². The Labute approximate surface area is 126 Å². The summed E-state index contributed by atoms with van der Waals surface area (Å²) in [5.74, 6) is 1.31. The van der Waals surface area contributed by atoms with E-state index in [1.54, 1.807) is 0 Å². The Kier molecular flexibility index (Phi) is 4.53. The first-order valence-electron chi connectivity index (χ1n) is 5.99. The van der Waals surface area contributed by atoms with Crippen molar-refractivity contribution in [2.45, 2.75) is 26.3 Å². The van der Waals surface area contributed by atoms with Crippen molar-refractivity contribution in [3.05, 3.63) is 45.2 Å². The number of para-hydroxylation sites is 1. The molecule has 0 N–H and O–H groups in total. The third-order valence-electron chi connectivity index (χ3n) is 3.05. The van der Waals surface area contributed by atoms with Gasteiger partial charge in [-0.25, -0.2) is 0 Å². The van der Waals surface area contributed by atoms with Crippen LogP contribution in [0.1, 0.15) is 22.5 Å². The number of halogens is 2. The number of hydrogen-bond acceptors (Lipinski definition) is 2. The number of rotatable bonds is 4. The Bertz CT molecular complexity index is 595. The standard InChI is InChI=1S/C14H16BrClN2O/c1-9-5-4-6-11(7-16)14(9)19-8-12-13(15)10(2)17-18(12)3/h4-6H,7-8H2,1-3H3. The maximum atomic E-state index is 5.95. The fraction of sp³-hybridized carbons (Fsp3) is 0.357. The van der Waals surface area contributed by atoms with Gasteiger partial charge in [0.2, 0.25) is 0 Å². The van der Waals surface area contributed by atoms with Gasteiger partial charge in [-0.05, 0) is 35.3 Å². The van der Waals surface area contributed by atoms with Crippen molar-refractivity contribution in [3.63, 3.8) is 0 Å². The van der Waals surface area contributed by atoms with Crippen molar-refractivity contribution in [2.75, 3.05) is 0 Å². The number of nitrogens with zero attached hydrogens (tertiary/aromatic N) is 2. The third kappa shape index (κ3) is 2.95. The quantitative estimate of drug-likeness (QED) is 0.781. The highest BCUT2D eigenvalue weighted by molar-refractivity contribution is 9.10. The third-order valence-corrected chi connectivity index (χ3v) is 4.37. The molecule has 2 aromatic rings. The van der Waals surface area contributed by atoms with Gasteiger partial charge < -0.3 is 4.74 Å². The summed E-state index contributed by atoms with van der Waals surface area (Å²) in [5, 5.41) is 4.35. The molecular weight excluding hydrogens is 328 g/mol. The molecule has 0 radical (unpaired) electrons. The summed E-state index contributed by atoms with van der Waals surface area (Å²) in [5.41, 5.74) is 4.08. The predicted octanol–water partition coefficient (Wildman–Crippen LogP) is 4.12. The normalized spacial score (nSPS) is 10.8.